The van der Waals surface area contributed by atoms with Crippen molar-refractivity contribution in [2.45, 2.75) is 64.1 Å². The monoisotopic (exact) mass is 570 g/mol. The molecule has 2 saturated carbocycles. The summed E-state index contributed by atoms with van der Waals surface area (Å²) in [4.78, 5) is 17.2. The van der Waals surface area contributed by atoms with Gasteiger partial charge in [-0.2, -0.15) is 5.10 Å². The van der Waals surface area contributed by atoms with Gasteiger partial charge in [-0.15, -0.1) is 24.0 Å². The van der Waals surface area contributed by atoms with Gasteiger partial charge in [0, 0.05) is 41.3 Å². The van der Waals surface area contributed by atoms with E-state index >= 15 is 0 Å². The van der Waals surface area contributed by atoms with E-state index in [2.05, 4.69) is 28.0 Å². The standard InChI is InChI=1S/C23H31ClN6O.HI/c1-2-25-23(29-20-5-3-4-17(12-20)22(31)28-19-8-9-19)26-13-16-14-27-30(15-16)21-10-6-18(24)7-11-21;/h6-7,10-11,14-15,17,19-20H,2-5,8-9,12-13H2,1H3,(H,28,31)(H2,25,26,29);1H. The smallest absolute Gasteiger partial charge is 0.223 e. The fourth-order valence-electron chi connectivity index (χ4n) is 3.97. The van der Waals surface area contributed by atoms with Gasteiger partial charge in [-0.05, 0) is 63.3 Å². The third kappa shape index (κ3) is 7.10. The average molecular weight is 571 g/mol. The van der Waals surface area contributed by atoms with Crippen LogP contribution in [0.3, 0.4) is 0 Å². The summed E-state index contributed by atoms with van der Waals surface area (Å²) < 4.78 is 1.83. The zero-order valence-corrected chi connectivity index (χ0v) is 21.5. The molecule has 1 amide bonds. The molecule has 7 nitrogen and oxygen atoms in total. The topological polar surface area (TPSA) is 83.3 Å². The van der Waals surface area contributed by atoms with Gasteiger partial charge >= 0.3 is 0 Å². The van der Waals surface area contributed by atoms with Gasteiger partial charge in [-0.25, -0.2) is 9.67 Å². The molecular formula is C23H32ClIN6O. The van der Waals surface area contributed by atoms with Crippen molar-refractivity contribution in [1.29, 1.82) is 0 Å². The summed E-state index contributed by atoms with van der Waals surface area (Å²) in [6.45, 7) is 3.37. The third-order valence-electron chi connectivity index (χ3n) is 5.80. The number of halogens is 2. The Hall–Kier alpha value is -1.81. The highest BCUT2D eigenvalue weighted by atomic mass is 127. The lowest BCUT2D eigenvalue weighted by Crippen LogP contribution is -2.47. The molecule has 0 radical (unpaired) electrons. The molecule has 1 aromatic carbocycles. The predicted octanol–water partition coefficient (Wildman–Crippen LogP) is 4.04. The Bertz CT molecular complexity index is 911. The van der Waals surface area contributed by atoms with Crippen molar-refractivity contribution in [3.8, 4) is 5.69 Å². The number of nitrogens with one attached hydrogen (secondary N) is 3. The van der Waals surface area contributed by atoms with E-state index in [1.807, 2.05) is 41.3 Å². The molecule has 9 heteroatoms. The zero-order valence-electron chi connectivity index (χ0n) is 18.4. The summed E-state index contributed by atoms with van der Waals surface area (Å²) in [6, 6.07) is 8.27. The van der Waals surface area contributed by atoms with Gasteiger partial charge in [0.25, 0.3) is 0 Å². The molecule has 4 rings (SSSR count). The Kier molecular flexibility index (Phi) is 9.22. The van der Waals surface area contributed by atoms with Crippen LogP contribution < -0.4 is 16.0 Å². The molecule has 2 aromatic rings. The first kappa shape index (κ1) is 24.8. The molecule has 0 spiro atoms. The first-order valence-electron chi connectivity index (χ1n) is 11.3. The van der Waals surface area contributed by atoms with E-state index in [1.165, 1.54) is 0 Å². The summed E-state index contributed by atoms with van der Waals surface area (Å²) in [6.07, 6.45) is 10.0. The average Bonchev–Trinajstić information content (AvgIpc) is 3.46. The number of nitrogens with zero attached hydrogens (tertiary/aromatic N) is 3. The summed E-state index contributed by atoms with van der Waals surface area (Å²) in [7, 11) is 0. The Labute approximate surface area is 211 Å². The second-order valence-electron chi connectivity index (χ2n) is 8.45. The lowest BCUT2D eigenvalue weighted by molar-refractivity contribution is -0.126. The van der Waals surface area contributed by atoms with Crippen molar-refractivity contribution in [1.82, 2.24) is 25.7 Å². The molecule has 1 aromatic heterocycles. The minimum Gasteiger partial charge on any atom is -0.357 e. The van der Waals surface area contributed by atoms with Gasteiger partial charge in [0.15, 0.2) is 5.96 Å². The van der Waals surface area contributed by atoms with Crippen LogP contribution in [0, 0.1) is 5.92 Å². The molecule has 32 heavy (non-hydrogen) atoms. The fourth-order valence-corrected chi connectivity index (χ4v) is 4.09. The van der Waals surface area contributed by atoms with Crippen LogP contribution in [0.2, 0.25) is 5.02 Å². The fraction of sp³-hybridized carbons (Fsp3) is 0.522. The Morgan fingerprint density at radius 2 is 1.94 bits per heavy atom. The van der Waals surface area contributed by atoms with Crippen molar-refractivity contribution in [3.63, 3.8) is 0 Å². The molecule has 1 heterocycles. The van der Waals surface area contributed by atoms with E-state index in [-0.39, 0.29) is 41.8 Å². The summed E-state index contributed by atoms with van der Waals surface area (Å²) in [5.41, 5.74) is 1.99. The van der Waals surface area contributed by atoms with E-state index in [0.29, 0.717) is 17.6 Å². The van der Waals surface area contributed by atoms with Gasteiger partial charge in [0.2, 0.25) is 5.91 Å². The lowest BCUT2D eigenvalue weighted by atomic mass is 9.85. The second-order valence-corrected chi connectivity index (χ2v) is 8.89. The highest BCUT2D eigenvalue weighted by molar-refractivity contribution is 14.0. The maximum atomic E-state index is 12.5. The van der Waals surface area contributed by atoms with Gasteiger partial charge in [-0.1, -0.05) is 18.0 Å². The summed E-state index contributed by atoms with van der Waals surface area (Å²) in [5, 5.41) is 15.2. The Morgan fingerprint density at radius 3 is 2.66 bits per heavy atom. The van der Waals surface area contributed by atoms with Crippen molar-refractivity contribution in [2.24, 2.45) is 10.9 Å². The van der Waals surface area contributed by atoms with Crippen LogP contribution in [-0.2, 0) is 11.3 Å². The highest BCUT2D eigenvalue weighted by Crippen LogP contribution is 2.26. The molecule has 174 valence electrons. The van der Waals surface area contributed by atoms with E-state index in [9.17, 15) is 4.79 Å². The molecule has 0 aliphatic heterocycles. The molecular weight excluding hydrogens is 539 g/mol. The maximum absolute atomic E-state index is 12.5. The number of aromatic nitrogens is 2. The zero-order chi connectivity index (χ0) is 21.6. The van der Waals surface area contributed by atoms with Crippen LogP contribution in [-0.4, -0.2) is 40.3 Å². The molecule has 0 bridgehead atoms. The van der Waals surface area contributed by atoms with Gasteiger partial charge in [0.1, 0.15) is 0 Å². The van der Waals surface area contributed by atoms with Gasteiger partial charge in [0.05, 0.1) is 18.4 Å². The minimum absolute atomic E-state index is 0. The van der Waals surface area contributed by atoms with Crippen LogP contribution in [0.1, 0.15) is 51.0 Å². The van der Waals surface area contributed by atoms with E-state index in [4.69, 9.17) is 16.6 Å². The largest absolute Gasteiger partial charge is 0.357 e. The van der Waals surface area contributed by atoms with E-state index in [0.717, 1.165) is 62.3 Å². The number of aliphatic imine (C=N–C) groups is 1. The number of amides is 1. The van der Waals surface area contributed by atoms with Crippen LogP contribution >= 0.6 is 35.6 Å². The van der Waals surface area contributed by atoms with Crippen LogP contribution in [0.25, 0.3) is 5.69 Å². The molecule has 2 atom stereocenters. The Morgan fingerprint density at radius 1 is 1.16 bits per heavy atom. The molecule has 2 aliphatic carbocycles. The van der Waals surface area contributed by atoms with E-state index in [1.54, 1.807) is 0 Å². The lowest BCUT2D eigenvalue weighted by Gasteiger charge is -2.30. The molecule has 3 N–H and O–H groups in total. The first-order valence-corrected chi connectivity index (χ1v) is 11.6. The normalized spacial score (nSPS) is 20.9. The second kappa shape index (κ2) is 11.9. The quantitative estimate of drug-likeness (QED) is 0.267. The van der Waals surface area contributed by atoms with Crippen molar-refractivity contribution in [3.05, 3.63) is 47.2 Å². The summed E-state index contributed by atoms with van der Waals surface area (Å²) in [5.74, 6) is 1.12. The number of benzene rings is 1. The first-order chi connectivity index (χ1) is 15.1. The molecule has 2 unspecified atom stereocenters. The maximum Gasteiger partial charge on any atom is 0.223 e. The number of carbonyl (C=O) groups excluding carboxylic acids is 1. The van der Waals surface area contributed by atoms with Crippen molar-refractivity contribution < 1.29 is 4.79 Å². The number of rotatable bonds is 7. The summed E-state index contributed by atoms with van der Waals surface area (Å²) >= 11 is 5.97. The molecule has 0 saturated heterocycles. The van der Waals surface area contributed by atoms with Crippen LogP contribution in [0.5, 0.6) is 0 Å². The minimum atomic E-state index is 0. The third-order valence-corrected chi connectivity index (χ3v) is 6.05. The van der Waals surface area contributed by atoms with Crippen molar-refractivity contribution in [2.75, 3.05) is 6.54 Å². The van der Waals surface area contributed by atoms with Crippen LogP contribution in [0.4, 0.5) is 0 Å². The van der Waals surface area contributed by atoms with Gasteiger partial charge < -0.3 is 16.0 Å². The predicted molar refractivity (Wildman–Crippen MR) is 139 cm³/mol. The Balaban J connectivity index is 0.00000289. The van der Waals surface area contributed by atoms with Gasteiger partial charge in [-0.3, -0.25) is 4.79 Å². The van der Waals surface area contributed by atoms with E-state index < -0.39 is 0 Å². The number of hydrogen-bond acceptors (Lipinski definition) is 3. The van der Waals surface area contributed by atoms with Crippen molar-refractivity contribution >= 4 is 47.4 Å². The highest BCUT2D eigenvalue weighted by Gasteiger charge is 2.31. The number of guanidine groups is 1. The SMILES string of the molecule is CCNC(=NCc1cnn(-c2ccc(Cl)cc2)c1)NC1CCCC(C(=O)NC2CC2)C1.I. The van der Waals surface area contributed by atoms with Crippen LogP contribution in [0.15, 0.2) is 41.7 Å². The molecule has 2 fully saturated rings. The number of hydrogen-bond donors (Lipinski definition) is 3. The molecule has 2 aliphatic rings. The number of carbonyl (C=O) groups is 1.